The van der Waals surface area contributed by atoms with Crippen LogP contribution in [0.3, 0.4) is 0 Å². The standard InChI is InChI=1S/C18H21NO4/c1-5-22-18(21)16-15(13-8-6-7-10(2)9-13)14(11(3)20)12(4)23-17(16)19/h6-9,15H,5,19H2,1-4H3/t15-/m1/s1. The number of aryl methyl sites for hydroxylation is 1. The first-order chi connectivity index (χ1) is 10.9. The van der Waals surface area contributed by atoms with Gasteiger partial charge in [-0.05, 0) is 33.3 Å². The maximum Gasteiger partial charge on any atom is 0.340 e. The van der Waals surface area contributed by atoms with Crippen molar-refractivity contribution in [3.63, 3.8) is 0 Å². The van der Waals surface area contributed by atoms with Gasteiger partial charge in [0, 0.05) is 5.57 Å². The molecule has 2 rings (SSSR count). The molecular weight excluding hydrogens is 294 g/mol. The number of ketones is 1. The van der Waals surface area contributed by atoms with Crippen molar-refractivity contribution in [1.29, 1.82) is 0 Å². The Hall–Kier alpha value is -2.56. The fraction of sp³-hybridized carbons (Fsp3) is 0.333. The highest BCUT2D eigenvalue weighted by Gasteiger charge is 2.37. The molecule has 1 aromatic carbocycles. The summed E-state index contributed by atoms with van der Waals surface area (Å²) in [6, 6.07) is 7.63. The molecule has 2 N–H and O–H groups in total. The summed E-state index contributed by atoms with van der Waals surface area (Å²) < 4.78 is 10.5. The Morgan fingerprint density at radius 2 is 1.96 bits per heavy atom. The second kappa shape index (κ2) is 6.69. The van der Waals surface area contributed by atoms with E-state index in [2.05, 4.69) is 0 Å². The highest BCUT2D eigenvalue weighted by molar-refractivity contribution is 6.01. The summed E-state index contributed by atoms with van der Waals surface area (Å²) in [5.41, 5.74) is 8.37. The van der Waals surface area contributed by atoms with E-state index in [0.29, 0.717) is 11.3 Å². The molecule has 0 bridgehead atoms. The minimum atomic E-state index is -0.583. The van der Waals surface area contributed by atoms with Crippen molar-refractivity contribution < 1.29 is 19.1 Å². The molecule has 1 aromatic rings. The SMILES string of the molecule is CCOC(=O)C1=C(N)OC(C)=C(C(C)=O)[C@H]1c1cccc(C)c1. The van der Waals surface area contributed by atoms with Gasteiger partial charge in [0.05, 0.1) is 12.5 Å². The second-order valence-electron chi connectivity index (χ2n) is 5.47. The van der Waals surface area contributed by atoms with E-state index in [1.807, 2.05) is 31.2 Å². The Balaban J connectivity index is 2.65. The van der Waals surface area contributed by atoms with Crippen LogP contribution in [0.25, 0.3) is 0 Å². The van der Waals surface area contributed by atoms with Gasteiger partial charge in [-0.15, -0.1) is 0 Å². The quantitative estimate of drug-likeness (QED) is 0.864. The van der Waals surface area contributed by atoms with Crippen LogP contribution in [0.15, 0.2) is 47.1 Å². The molecule has 122 valence electrons. The van der Waals surface area contributed by atoms with Crippen LogP contribution in [-0.2, 0) is 19.1 Å². The number of benzene rings is 1. The van der Waals surface area contributed by atoms with Crippen LogP contribution in [0.1, 0.15) is 37.8 Å². The molecule has 5 nitrogen and oxygen atoms in total. The van der Waals surface area contributed by atoms with Crippen molar-refractivity contribution in [1.82, 2.24) is 0 Å². The summed E-state index contributed by atoms with van der Waals surface area (Å²) in [7, 11) is 0. The van der Waals surface area contributed by atoms with Crippen LogP contribution < -0.4 is 5.73 Å². The molecule has 0 saturated carbocycles. The minimum Gasteiger partial charge on any atom is -0.462 e. The molecule has 1 atom stereocenters. The smallest absolute Gasteiger partial charge is 0.340 e. The second-order valence-corrected chi connectivity index (χ2v) is 5.47. The maximum absolute atomic E-state index is 12.4. The van der Waals surface area contributed by atoms with E-state index in [0.717, 1.165) is 11.1 Å². The van der Waals surface area contributed by atoms with Crippen LogP contribution in [0.5, 0.6) is 0 Å². The zero-order valence-electron chi connectivity index (χ0n) is 13.8. The van der Waals surface area contributed by atoms with Crippen LogP contribution >= 0.6 is 0 Å². The van der Waals surface area contributed by atoms with E-state index in [1.54, 1.807) is 13.8 Å². The lowest BCUT2D eigenvalue weighted by Crippen LogP contribution is -2.28. The van der Waals surface area contributed by atoms with Crippen LogP contribution in [0.2, 0.25) is 0 Å². The van der Waals surface area contributed by atoms with E-state index < -0.39 is 11.9 Å². The van der Waals surface area contributed by atoms with Gasteiger partial charge < -0.3 is 15.2 Å². The summed E-state index contributed by atoms with van der Waals surface area (Å²) in [6.45, 7) is 7.01. The summed E-state index contributed by atoms with van der Waals surface area (Å²) in [5, 5.41) is 0. The van der Waals surface area contributed by atoms with Crippen molar-refractivity contribution >= 4 is 11.8 Å². The topological polar surface area (TPSA) is 78.6 Å². The summed E-state index contributed by atoms with van der Waals surface area (Å²) in [4.78, 5) is 24.5. The summed E-state index contributed by atoms with van der Waals surface area (Å²) in [6.07, 6.45) is 0. The molecule has 1 heterocycles. The molecule has 1 aliphatic heterocycles. The van der Waals surface area contributed by atoms with Crippen LogP contribution in [-0.4, -0.2) is 18.4 Å². The van der Waals surface area contributed by atoms with Gasteiger partial charge >= 0.3 is 5.97 Å². The van der Waals surface area contributed by atoms with Gasteiger partial charge in [-0.3, -0.25) is 4.79 Å². The highest BCUT2D eigenvalue weighted by Crippen LogP contribution is 2.40. The molecule has 0 unspecified atom stereocenters. The Morgan fingerprint density at radius 3 is 2.52 bits per heavy atom. The number of Topliss-reactive ketones (excluding diaryl/α,β-unsaturated/α-hetero) is 1. The zero-order chi connectivity index (χ0) is 17.1. The Morgan fingerprint density at radius 1 is 1.26 bits per heavy atom. The molecular formula is C18H21NO4. The minimum absolute atomic E-state index is 0.0162. The van der Waals surface area contributed by atoms with Gasteiger partial charge in [0.1, 0.15) is 11.3 Å². The van der Waals surface area contributed by atoms with Gasteiger partial charge in [0.2, 0.25) is 5.88 Å². The Kier molecular flexibility index (Phi) is 4.89. The molecule has 0 aliphatic carbocycles. The van der Waals surface area contributed by atoms with Crippen molar-refractivity contribution in [2.24, 2.45) is 5.73 Å². The molecule has 23 heavy (non-hydrogen) atoms. The van der Waals surface area contributed by atoms with E-state index in [9.17, 15) is 9.59 Å². The molecule has 0 fully saturated rings. The number of carbonyl (C=O) groups is 2. The lowest BCUT2D eigenvalue weighted by atomic mass is 9.80. The molecule has 0 radical (unpaired) electrons. The van der Waals surface area contributed by atoms with Gasteiger partial charge in [-0.2, -0.15) is 0 Å². The van der Waals surface area contributed by atoms with Gasteiger partial charge in [-0.25, -0.2) is 4.79 Å². The largest absolute Gasteiger partial charge is 0.462 e. The average Bonchev–Trinajstić information content (AvgIpc) is 2.46. The monoisotopic (exact) mass is 315 g/mol. The predicted molar refractivity (Wildman–Crippen MR) is 86.2 cm³/mol. The van der Waals surface area contributed by atoms with Crippen molar-refractivity contribution in [3.05, 3.63) is 58.2 Å². The van der Waals surface area contributed by atoms with Crippen LogP contribution in [0, 0.1) is 6.92 Å². The van der Waals surface area contributed by atoms with E-state index >= 15 is 0 Å². The lowest BCUT2D eigenvalue weighted by Gasteiger charge is -2.28. The van der Waals surface area contributed by atoms with Crippen molar-refractivity contribution in [3.8, 4) is 0 Å². The first kappa shape index (κ1) is 16.8. The van der Waals surface area contributed by atoms with Crippen molar-refractivity contribution in [2.75, 3.05) is 6.61 Å². The number of hydrogen-bond donors (Lipinski definition) is 1. The normalized spacial score (nSPS) is 17.8. The molecule has 0 saturated heterocycles. The third-order valence-electron chi connectivity index (χ3n) is 3.74. The summed E-state index contributed by atoms with van der Waals surface area (Å²) >= 11 is 0. The number of esters is 1. The van der Waals surface area contributed by atoms with E-state index in [4.69, 9.17) is 15.2 Å². The fourth-order valence-corrected chi connectivity index (χ4v) is 2.83. The molecule has 0 amide bonds. The maximum atomic E-state index is 12.4. The predicted octanol–water partition coefficient (Wildman–Crippen LogP) is 2.71. The Labute approximate surface area is 135 Å². The van der Waals surface area contributed by atoms with E-state index in [-0.39, 0.29) is 23.8 Å². The first-order valence-electron chi connectivity index (χ1n) is 7.49. The zero-order valence-corrected chi connectivity index (χ0v) is 13.8. The van der Waals surface area contributed by atoms with Gasteiger partial charge in [-0.1, -0.05) is 29.8 Å². The van der Waals surface area contributed by atoms with Gasteiger partial charge in [0.25, 0.3) is 0 Å². The van der Waals surface area contributed by atoms with E-state index in [1.165, 1.54) is 6.92 Å². The number of nitrogens with two attached hydrogens (primary N) is 1. The third-order valence-corrected chi connectivity index (χ3v) is 3.74. The average molecular weight is 315 g/mol. The molecule has 0 aromatic heterocycles. The Bertz CT molecular complexity index is 715. The summed E-state index contributed by atoms with van der Waals surface area (Å²) in [5.74, 6) is -0.918. The first-order valence-corrected chi connectivity index (χ1v) is 7.49. The number of rotatable bonds is 4. The number of carbonyl (C=O) groups excluding carboxylic acids is 2. The molecule has 5 heteroatoms. The number of allylic oxidation sites excluding steroid dienone is 2. The van der Waals surface area contributed by atoms with Crippen LogP contribution in [0.4, 0.5) is 0 Å². The van der Waals surface area contributed by atoms with Crippen molar-refractivity contribution in [2.45, 2.75) is 33.6 Å². The fourth-order valence-electron chi connectivity index (χ4n) is 2.83. The lowest BCUT2D eigenvalue weighted by molar-refractivity contribution is -0.139. The van der Waals surface area contributed by atoms with Gasteiger partial charge in [0.15, 0.2) is 5.78 Å². The molecule has 1 aliphatic rings. The third kappa shape index (κ3) is 3.28. The highest BCUT2D eigenvalue weighted by atomic mass is 16.5. The number of hydrogen-bond acceptors (Lipinski definition) is 5. The number of ether oxygens (including phenoxy) is 2. The molecule has 0 spiro atoms.